The van der Waals surface area contributed by atoms with E-state index in [-0.39, 0.29) is 16.2 Å². The molecule has 7 aromatic carbocycles. The molecule has 0 bridgehead atoms. The molecular weight excluding hydrogens is 627 g/mol. The lowest BCUT2D eigenvalue weighted by Crippen LogP contribution is -2.17. The summed E-state index contributed by atoms with van der Waals surface area (Å²) in [5, 5.41) is 0. The van der Waals surface area contributed by atoms with Gasteiger partial charge in [0.2, 0.25) is 0 Å². The maximum absolute atomic E-state index is 2.54. The highest BCUT2D eigenvalue weighted by Crippen LogP contribution is 2.59. The molecule has 0 heterocycles. The maximum atomic E-state index is 2.54. The molecule has 252 valence electrons. The zero-order valence-electron chi connectivity index (χ0n) is 30.9. The molecule has 1 nitrogen and oxygen atoms in total. The Morgan fingerprint density at radius 2 is 0.808 bits per heavy atom. The summed E-state index contributed by atoms with van der Waals surface area (Å²) in [6, 6.07) is 57.0. The van der Waals surface area contributed by atoms with Crippen molar-refractivity contribution in [2.24, 2.45) is 0 Å². The zero-order valence-corrected chi connectivity index (χ0v) is 30.9. The number of benzene rings is 7. The minimum absolute atomic E-state index is 0.0731. The normalized spacial score (nSPS) is 16.0. The van der Waals surface area contributed by atoms with Gasteiger partial charge in [0.1, 0.15) is 0 Å². The van der Waals surface area contributed by atoms with Crippen LogP contribution in [-0.4, -0.2) is 0 Å². The van der Waals surface area contributed by atoms with Gasteiger partial charge in [-0.3, -0.25) is 0 Å². The summed E-state index contributed by atoms with van der Waals surface area (Å²) < 4.78 is 0. The van der Waals surface area contributed by atoms with Gasteiger partial charge in [0.25, 0.3) is 0 Å². The lowest BCUT2D eigenvalue weighted by atomic mass is 9.79. The van der Waals surface area contributed by atoms with Gasteiger partial charge in [-0.1, -0.05) is 151 Å². The summed E-state index contributed by atoms with van der Waals surface area (Å²) in [6.07, 6.45) is 0. The standard InChI is InChI=1S/C51H43N/c1-49(2)41-19-12-10-17-36(41)38-28-27-35(29-44(38)49)52(34-25-23-33(24-26-34)32-15-8-7-9-16-32)47-22-14-21-43-48(47)40-31-45-39(30-46(40)51(43,5)6)37-18-11-13-20-42(37)50(45,3)4/h7-31H,1-6H3. The highest BCUT2D eigenvalue weighted by atomic mass is 15.1. The van der Waals surface area contributed by atoms with Gasteiger partial charge in [-0.05, 0) is 115 Å². The Bertz CT molecular complexity index is 2580. The predicted molar refractivity (Wildman–Crippen MR) is 219 cm³/mol. The first-order valence-electron chi connectivity index (χ1n) is 18.7. The SMILES string of the molecule is CC1(C)c2ccccc2-c2ccc(N(c3ccc(-c4ccccc4)cc3)c3cccc4c3-c3cc5c(cc3C4(C)C)-c3ccccc3C5(C)C)cc21. The van der Waals surface area contributed by atoms with Crippen LogP contribution in [0.5, 0.6) is 0 Å². The Morgan fingerprint density at radius 1 is 0.327 bits per heavy atom. The second-order valence-corrected chi connectivity index (χ2v) is 16.6. The molecule has 0 aliphatic heterocycles. The Kier molecular flexibility index (Phi) is 6.39. The Balaban J connectivity index is 1.21. The molecule has 0 spiro atoms. The molecule has 0 saturated heterocycles. The fraction of sp³-hybridized carbons (Fsp3) is 0.176. The molecular formula is C51H43N. The van der Waals surface area contributed by atoms with Crippen LogP contribution in [0.1, 0.15) is 74.9 Å². The topological polar surface area (TPSA) is 3.24 Å². The van der Waals surface area contributed by atoms with Crippen LogP contribution in [-0.2, 0) is 16.2 Å². The molecule has 0 atom stereocenters. The fourth-order valence-corrected chi connectivity index (χ4v) is 9.84. The molecule has 52 heavy (non-hydrogen) atoms. The maximum Gasteiger partial charge on any atom is 0.0543 e. The van der Waals surface area contributed by atoms with Crippen molar-refractivity contribution in [3.8, 4) is 44.5 Å². The average Bonchev–Trinajstić information content (AvgIpc) is 3.64. The monoisotopic (exact) mass is 669 g/mol. The number of nitrogens with zero attached hydrogens (tertiary/aromatic N) is 1. The molecule has 0 amide bonds. The first-order valence-corrected chi connectivity index (χ1v) is 18.7. The van der Waals surface area contributed by atoms with Crippen molar-refractivity contribution < 1.29 is 0 Å². The van der Waals surface area contributed by atoms with Crippen LogP contribution in [0, 0.1) is 0 Å². The van der Waals surface area contributed by atoms with Crippen molar-refractivity contribution in [1.82, 2.24) is 0 Å². The van der Waals surface area contributed by atoms with E-state index in [4.69, 9.17) is 0 Å². The highest BCUT2D eigenvalue weighted by molar-refractivity contribution is 5.98. The van der Waals surface area contributed by atoms with Crippen LogP contribution in [0.15, 0.2) is 152 Å². The van der Waals surface area contributed by atoms with E-state index < -0.39 is 0 Å². The molecule has 0 N–H and O–H groups in total. The minimum atomic E-state index is -0.151. The lowest BCUT2D eigenvalue weighted by molar-refractivity contribution is 0.652. The van der Waals surface area contributed by atoms with E-state index >= 15 is 0 Å². The van der Waals surface area contributed by atoms with Crippen LogP contribution in [0.2, 0.25) is 0 Å². The van der Waals surface area contributed by atoms with Gasteiger partial charge < -0.3 is 4.90 Å². The number of rotatable bonds is 4. The number of hydrogen-bond acceptors (Lipinski definition) is 1. The Hall–Kier alpha value is -5.66. The Morgan fingerprint density at radius 3 is 1.50 bits per heavy atom. The summed E-state index contributed by atoms with van der Waals surface area (Å²) in [7, 11) is 0. The third kappa shape index (κ3) is 4.17. The van der Waals surface area contributed by atoms with Gasteiger partial charge in [0.05, 0.1) is 5.69 Å². The van der Waals surface area contributed by atoms with Crippen molar-refractivity contribution in [2.45, 2.75) is 57.8 Å². The zero-order chi connectivity index (χ0) is 35.6. The van der Waals surface area contributed by atoms with Crippen LogP contribution in [0.4, 0.5) is 17.1 Å². The van der Waals surface area contributed by atoms with Crippen molar-refractivity contribution in [1.29, 1.82) is 0 Å². The molecule has 0 unspecified atom stereocenters. The number of hydrogen-bond donors (Lipinski definition) is 0. The quantitative estimate of drug-likeness (QED) is 0.180. The molecule has 0 saturated carbocycles. The molecule has 10 rings (SSSR count). The van der Waals surface area contributed by atoms with Gasteiger partial charge in [-0.15, -0.1) is 0 Å². The predicted octanol–water partition coefficient (Wildman–Crippen LogP) is 13.7. The van der Waals surface area contributed by atoms with Gasteiger partial charge in [-0.2, -0.15) is 0 Å². The first kappa shape index (κ1) is 31.1. The molecule has 0 radical (unpaired) electrons. The van der Waals surface area contributed by atoms with Gasteiger partial charge in [0, 0.05) is 33.2 Å². The largest absolute Gasteiger partial charge is 0.310 e. The van der Waals surface area contributed by atoms with Gasteiger partial charge in [-0.25, -0.2) is 0 Å². The Labute approximate surface area is 308 Å². The van der Waals surface area contributed by atoms with E-state index in [1.807, 2.05) is 0 Å². The summed E-state index contributed by atoms with van der Waals surface area (Å²) >= 11 is 0. The van der Waals surface area contributed by atoms with Crippen LogP contribution >= 0.6 is 0 Å². The molecule has 3 aliphatic rings. The second kappa shape index (κ2) is 10.7. The number of anilines is 3. The highest BCUT2D eigenvalue weighted by Gasteiger charge is 2.43. The van der Waals surface area contributed by atoms with Crippen molar-refractivity contribution in [2.75, 3.05) is 4.90 Å². The van der Waals surface area contributed by atoms with Crippen LogP contribution in [0.25, 0.3) is 44.5 Å². The van der Waals surface area contributed by atoms with E-state index in [0.717, 1.165) is 5.69 Å². The van der Waals surface area contributed by atoms with E-state index in [1.54, 1.807) is 0 Å². The van der Waals surface area contributed by atoms with E-state index in [2.05, 4.69) is 198 Å². The first-order chi connectivity index (χ1) is 25.1. The van der Waals surface area contributed by atoms with Crippen molar-refractivity contribution >= 4 is 17.1 Å². The minimum Gasteiger partial charge on any atom is -0.310 e. The average molecular weight is 670 g/mol. The smallest absolute Gasteiger partial charge is 0.0543 e. The fourth-order valence-electron chi connectivity index (χ4n) is 9.84. The van der Waals surface area contributed by atoms with Gasteiger partial charge in [0.15, 0.2) is 0 Å². The van der Waals surface area contributed by atoms with Gasteiger partial charge >= 0.3 is 0 Å². The summed E-state index contributed by atoms with van der Waals surface area (Å²) in [5.41, 5.74) is 22.2. The van der Waals surface area contributed by atoms with Crippen molar-refractivity contribution in [3.63, 3.8) is 0 Å². The molecule has 0 aromatic heterocycles. The summed E-state index contributed by atoms with van der Waals surface area (Å²) in [6.45, 7) is 14.4. The summed E-state index contributed by atoms with van der Waals surface area (Å²) in [4.78, 5) is 2.52. The molecule has 7 aromatic rings. The number of fused-ring (bicyclic) bond motifs is 9. The molecule has 1 heteroatoms. The molecule has 3 aliphatic carbocycles. The summed E-state index contributed by atoms with van der Waals surface area (Å²) in [5.74, 6) is 0. The lowest BCUT2D eigenvalue weighted by Gasteiger charge is -2.30. The third-order valence-corrected chi connectivity index (χ3v) is 12.7. The van der Waals surface area contributed by atoms with Crippen LogP contribution < -0.4 is 4.90 Å². The third-order valence-electron chi connectivity index (χ3n) is 12.7. The van der Waals surface area contributed by atoms with E-state index in [1.165, 1.54) is 89.3 Å². The van der Waals surface area contributed by atoms with Crippen LogP contribution in [0.3, 0.4) is 0 Å². The van der Waals surface area contributed by atoms with E-state index in [9.17, 15) is 0 Å². The van der Waals surface area contributed by atoms with Crippen molar-refractivity contribution in [3.05, 3.63) is 185 Å². The second-order valence-electron chi connectivity index (χ2n) is 16.6. The molecule has 0 fully saturated rings. The van der Waals surface area contributed by atoms with E-state index in [0.29, 0.717) is 0 Å².